The molecule has 0 aliphatic carbocycles. The molecule has 0 aromatic heterocycles. The maximum absolute atomic E-state index is 12.9. The van der Waals surface area contributed by atoms with Gasteiger partial charge in [-0.25, -0.2) is 4.79 Å². The number of carbonyl (C=O) groups excluding carboxylic acids is 4. The molecule has 16 heteroatoms. The molecule has 0 heterocycles. The van der Waals surface area contributed by atoms with Crippen molar-refractivity contribution in [3.63, 3.8) is 0 Å². The van der Waals surface area contributed by atoms with Gasteiger partial charge in [0.15, 0.2) is 5.96 Å². The van der Waals surface area contributed by atoms with E-state index in [1.54, 1.807) is 13.8 Å². The van der Waals surface area contributed by atoms with Gasteiger partial charge in [-0.05, 0) is 18.8 Å². The fourth-order valence-corrected chi connectivity index (χ4v) is 2.95. The topological polar surface area (TPSA) is 295 Å². The molecule has 0 rings (SSSR count). The molecular formula is C20H36N8O8. The molecule has 0 spiro atoms. The van der Waals surface area contributed by atoms with E-state index in [0.29, 0.717) is 6.42 Å². The number of amides is 4. The summed E-state index contributed by atoms with van der Waals surface area (Å²) in [4.78, 5) is 75.6. The molecule has 13 N–H and O–H groups in total. The number of guanidine groups is 1. The van der Waals surface area contributed by atoms with Crippen LogP contribution in [0.4, 0.5) is 0 Å². The standard InChI is InChI=1S/C20H36N8O8/c1-3-9(2)15(19(35)36)28-18(34)12(8-14(30)31)27-17(33)11(5-4-6-25-20(23)24)26-16(32)10(21)7-13(22)29/h9-12,15H,3-8,21H2,1-2H3,(H2,22,29)(H,26,32)(H,27,33)(H,28,34)(H,30,31)(H,35,36)(H4,23,24,25). The van der Waals surface area contributed by atoms with Crippen molar-refractivity contribution in [3.8, 4) is 0 Å². The Bertz CT molecular complexity index is 846. The van der Waals surface area contributed by atoms with E-state index < -0.39 is 78.5 Å². The smallest absolute Gasteiger partial charge is 0.326 e. The molecular weight excluding hydrogens is 480 g/mol. The molecule has 16 nitrogen and oxygen atoms in total. The second kappa shape index (κ2) is 15.9. The first-order valence-electron chi connectivity index (χ1n) is 11.1. The van der Waals surface area contributed by atoms with Crippen LogP contribution in [0.1, 0.15) is 46.0 Å². The van der Waals surface area contributed by atoms with Crippen molar-refractivity contribution in [1.82, 2.24) is 16.0 Å². The normalized spacial score (nSPS) is 14.8. The first-order valence-corrected chi connectivity index (χ1v) is 11.1. The Morgan fingerprint density at radius 1 is 0.861 bits per heavy atom. The number of hydrogen-bond donors (Lipinski definition) is 9. The van der Waals surface area contributed by atoms with Gasteiger partial charge in [0.2, 0.25) is 23.6 Å². The van der Waals surface area contributed by atoms with E-state index in [0.717, 1.165) is 0 Å². The van der Waals surface area contributed by atoms with Gasteiger partial charge in [-0.15, -0.1) is 0 Å². The number of aliphatic carboxylic acids is 2. The highest BCUT2D eigenvalue weighted by molar-refractivity contribution is 5.96. The summed E-state index contributed by atoms with van der Waals surface area (Å²) < 4.78 is 0. The van der Waals surface area contributed by atoms with E-state index >= 15 is 0 Å². The zero-order valence-electron chi connectivity index (χ0n) is 20.2. The van der Waals surface area contributed by atoms with E-state index in [-0.39, 0.29) is 25.3 Å². The summed E-state index contributed by atoms with van der Waals surface area (Å²) in [6.45, 7) is 3.38. The molecule has 0 aromatic rings. The number of hydrogen-bond acceptors (Lipinski definition) is 8. The van der Waals surface area contributed by atoms with Crippen LogP contribution >= 0.6 is 0 Å². The number of aliphatic imine (C=N–C) groups is 1. The number of nitrogens with two attached hydrogens (primary N) is 4. The molecule has 5 atom stereocenters. The summed E-state index contributed by atoms with van der Waals surface area (Å²) in [6, 6.07) is -5.66. The molecule has 0 fully saturated rings. The number of nitrogens with zero attached hydrogens (tertiary/aromatic N) is 1. The molecule has 5 unspecified atom stereocenters. The maximum atomic E-state index is 12.9. The number of rotatable bonds is 17. The van der Waals surface area contributed by atoms with Crippen LogP contribution in [0.2, 0.25) is 0 Å². The maximum Gasteiger partial charge on any atom is 0.326 e. The predicted octanol–water partition coefficient (Wildman–Crippen LogP) is -3.70. The van der Waals surface area contributed by atoms with Crippen LogP contribution in [0.5, 0.6) is 0 Å². The Kier molecular flexibility index (Phi) is 14.1. The van der Waals surface area contributed by atoms with Crippen LogP contribution in [-0.4, -0.2) is 82.5 Å². The third kappa shape index (κ3) is 12.5. The van der Waals surface area contributed by atoms with Gasteiger partial charge in [0.25, 0.3) is 0 Å². The minimum atomic E-state index is -1.66. The van der Waals surface area contributed by atoms with Crippen molar-refractivity contribution < 1.29 is 39.0 Å². The fraction of sp³-hybridized carbons (Fsp3) is 0.650. The van der Waals surface area contributed by atoms with Crippen molar-refractivity contribution in [2.24, 2.45) is 33.8 Å². The Hall–Kier alpha value is -3.95. The second-order valence-electron chi connectivity index (χ2n) is 8.16. The first-order chi connectivity index (χ1) is 16.7. The Morgan fingerprint density at radius 3 is 1.89 bits per heavy atom. The zero-order valence-corrected chi connectivity index (χ0v) is 20.2. The minimum absolute atomic E-state index is 0.0519. The van der Waals surface area contributed by atoms with Gasteiger partial charge in [0.05, 0.1) is 18.9 Å². The zero-order chi connectivity index (χ0) is 28.0. The van der Waals surface area contributed by atoms with E-state index in [9.17, 15) is 39.0 Å². The first kappa shape index (κ1) is 32.0. The minimum Gasteiger partial charge on any atom is -0.481 e. The summed E-state index contributed by atoms with van der Waals surface area (Å²) in [7, 11) is 0. The lowest BCUT2D eigenvalue weighted by molar-refractivity contribution is -0.144. The summed E-state index contributed by atoms with van der Waals surface area (Å²) in [6.07, 6.45) is -0.816. The van der Waals surface area contributed by atoms with E-state index in [1.165, 1.54) is 0 Å². The molecule has 0 aliphatic rings. The predicted molar refractivity (Wildman–Crippen MR) is 127 cm³/mol. The number of carbonyl (C=O) groups is 6. The van der Waals surface area contributed by atoms with Gasteiger partial charge in [-0.3, -0.25) is 29.0 Å². The molecule has 0 aromatic carbocycles. The van der Waals surface area contributed by atoms with Crippen LogP contribution in [-0.2, 0) is 28.8 Å². The molecule has 4 amide bonds. The highest BCUT2D eigenvalue weighted by atomic mass is 16.4. The lowest BCUT2D eigenvalue weighted by Gasteiger charge is -2.26. The van der Waals surface area contributed by atoms with Crippen molar-refractivity contribution in [2.75, 3.05) is 6.54 Å². The van der Waals surface area contributed by atoms with Crippen molar-refractivity contribution in [3.05, 3.63) is 0 Å². The van der Waals surface area contributed by atoms with Crippen LogP contribution in [0.15, 0.2) is 4.99 Å². The largest absolute Gasteiger partial charge is 0.481 e. The van der Waals surface area contributed by atoms with Gasteiger partial charge < -0.3 is 49.1 Å². The lowest BCUT2D eigenvalue weighted by Crippen LogP contribution is -2.58. The molecule has 204 valence electrons. The van der Waals surface area contributed by atoms with Crippen LogP contribution < -0.4 is 38.9 Å². The van der Waals surface area contributed by atoms with Gasteiger partial charge in [0, 0.05) is 6.54 Å². The molecule has 0 saturated carbocycles. The number of carboxylic acid groups (broad SMARTS) is 2. The Balaban J connectivity index is 5.69. The average molecular weight is 517 g/mol. The van der Waals surface area contributed by atoms with Crippen molar-refractivity contribution in [1.29, 1.82) is 0 Å². The SMILES string of the molecule is CCC(C)C(NC(=O)C(CC(=O)O)NC(=O)C(CCCN=C(N)N)NC(=O)C(N)CC(N)=O)C(=O)O. The van der Waals surface area contributed by atoms with Gasteiger partial charge in [-0.1, -0.05) is 20.3 Å². The quantitative estimate of drug-likeness (QED) is 0.0514. The van der Waals surface area contributed by atoms with Gasteiger partial charge in [-0.2, -0.15) is 0 Å². The van der Waals surface area contributed by atoms with E-state index in [2.05, 4.69) is 20.9 Å². The Labute approximate surface area is 207 Å². The summed E-state index contributed by atoms with van der Waals surface area (Å²) >= 11 is 0. The Morgan fingerprint density at radius 2 is 1.42 bits per heavy atom. The van der Waals surface area contributed by atoms with E-state index in [1.807, 2.05) is 0 Å². The molecule has 0 saturated heterocycles. The van der Waals surface area contributed by atoms with Crippen molar-refractivity contribution >= 4 is 41.5 Å². The van der Waals surface area contributed by atoms with Crippen LogP contribution in [0.25, 0.3) is 0 Å². The van der Waals surface area contributed by atoms with Gasteiger partial charge in [0.1, 0.15) is 18.1 Å². The fourth-order valence-electron chi connectivity index (χ4n) is 2.95. The molecule has 0 bridgehead atoms. The third-order valence-electron chi connectivity index (χ3n) is 5.12. The third-order valence-corrected chi connectivity index (χ3v) is 5.12. The molecule has 0 aliphatic heterocycles. The average Bonchev–Trinajstić information content (AvgIpc) is 2.76. The monoisotopic (exact) mass is 516 g/mol. The number of primary amides is 1. The highest BCUT2D eigenvalue weighted by Gasteiger charge is 2.33. The summed E-state index contributed by atoms with van der Waals surface area (Å²) in [5.41, 5.74) is 21.1. The lowest BCUT2D eigenvalue weighted by atomic mass is 9.98. The van der Waals surface area contributed by atoms with E-state index in [4.69, 9.17) is 22.9 Å². The summed E-state index contributed by atoms with van der Waals surface area (Å²) in [5.74, 6) is -7.17. The highest BCUT2D eigenvalue weighted by Crippen LogP contribution is 2.09. The molecule has 36 heavy (non-hydrogen) atoms. The van der Waals surface area contributed by atoms with Crippen molar-refractivity contribution in [2.45, 2.75) is 70.1 Å². The number of carboxylic acids is 2. The van der Waals surface area contributed by atoms with Crippen LogP contribution in [0.3, 0.4) is 0 Å². The summed E-state index contributed by atoms with van der Waals surface area (Å²) in [5, 5.41) is 25.4. The van der Waals surface area contributed by atoms with Gasteiger partial charge >= 0.3 is 11.9 Å². The second-order valence-corrected chi connectivity index (χ2v) is 8.16. The molecule has 0 radical (unpaired) electrons. The number of nitrogens with one attached hydrogen (secondary N) is 3. The van der Waals surface area contributed by atoms with Crippen LogP contribution in [0, 0.1) is 5.92 Å².